The third kappa shape index (κ3) is 3.86. The fraction of sp³-hybridized carbons (Fsp3) is 0.200. The summed E-state index contributed by atoms with van der Waals surface area (Å²) in [6.07, 6.45) is -1.11. The smallest absolute Gasteiger partial charge is 0.335 e. The van der Waals surface area contributed by atoms with Gasteiger partial charge in [0.1, 0.15) is 5.75 Å². The van der Waals surface area contributed by atoms with Crippen molar-refractivity contribution in [2.24, 2.45) is 0 Å². The summed E-state index contributed by atoms with van der Waals surface area (Å²) in [5.41, 5.74) is 0.508. The largest absolute Gasteiger partial charge is 0.478 e. The highest BCUT2D eigenvalue weighted by molar-refractivity contribution is 5.99. The molecule has 1 aliphatic heterocycles. The summed E-state index contributed by atoms with van der Waals surface area (Å²) in [5, 5.41) is 9.20. The molecule has 1 atom stereocenters. The van der Waals surface area contributed by atoms with E-state index in [9.17, 15) is 27.9 Å². The molecule has 2 aromatic carbocycles. The number of ketones is 1. The summed E-state index contributed by atoms with van der Waals surface area (Å²) in [6.45, 7) is -2.05. The molecule has 3 rings (SSSR count). The van der Waals surface area contributed by atoms with Crippen LogP contribution in [-0.4, -0.2) is 35.6 Å². The number of benzene rings is 2. The molecule has 0 radical (unpaired) electrons. The van der Waals surface area contributed by atoms with E-state index in [2.05, 4.69) is 0 Å². The van der Waals surface area contributed by atoms with Gasteiger partial charge in [0.25, 0.3) is 0 Å². The number of Topliss-reactive ketones (excluding diaryl/α,β-unsaturated/α-hetero) is 1. The quantitative estimate of drug-likeness (QED) is 0.776. The molecule has 0 spiro atoms. The second-order valence-electron chi connectivity index (χ2n) is 6.14. The minimum absolute atomic E-state index is 0.0330. The molecule has 4 nitrogen and oxygen atoms in total. The van der Waals surface area contributed by atoms with Crippen LogP contribution >= 0.6 is 0 Å². The maximum absolute atomic E-state index is 13.7. The van der Waals surface area contributed by atoms with Gasteiger partial charge in [0, 0.05) is 17.5 Å². The van der Waals surface area contributed by atoms with Crippen molar-refractivity contribution in [3.8, 4) is 5.75 Å². The van der Waals surface area contributed by atoms with Crippen LogP contribution in [0.1, 0.15) is 21.5 Å². The molecular weight excluding hydrogens is 361 g/mol. The Morgan fingerprint density at radius 2 is 1.81 bits per heavy atom. The highest BCUT2D eigenvalue weighted by atomic mass is 19.3. The first-order chi connectivity index (χ1) is 12.8. The predicted octanol–water partition coefficient (Wildman–Crippen LogP) is 3.95. The van der Waals surface area contributed by atoms with Crippen molar-refractivity contribution < 1.29 is 32.6 Å². The van der Waals surface area contributed by atoms with E-state index < -0.39 is 30.2 Å². The van der Waals surface area contributed by atoms with Crippen LogP contribution in [0.4, 0.5) is 13.2 Å². The summed E-state index contributed by atoms with van der Waals surface area (Å²) in [5.74, 6) is -5.87. The van der Waals surface area contributed by atoms with Crippen LogP contribution in [0.2, 0.25) is 0 Å². The number of aliphatic carboxylic acids is 1. The molecule has 7 heteroatoms. The molecule has 140 valence electrons. The lowest BCUT2D eigenvalue weighted by atomic mass is 9.95. The molecule has 0 aliphatic carbocycles. The van der Waals surface area contributed by atoms with Gasteiger partial charge in [-0.1, -0.05) is 30.3 Å². The zero-order valence-electron chi connectivity index (χ0n) is 14.0. The van der Waals surface area contributed by atoms with Crippen molar-refractivity contribution >= 4 is 17.8 Å². The molecule has 0 fully saturated rings. The zero-order valence-corrected chi connectivity index (χ0v) is 14.0. The predicted molar refractivity (Wildman–Crippen MR) is 91.9 cm³/mol. The molecule has 1 unspecified atom stereocenters. The van der Waals surface area contributed by atoms with Gasteiger partial charge in [-0.15, -0.1) is 0 Å². The highest BCUT2D eigenvalue weighted by Gasteiger charge is 2.48. The van der Waals surface area contributed by atoms with Gasteiger partial charge in [-0.3, -0.25) is 4.79 Å². The van der Waals surface area contributed by atoms with Crippen LogP contribution in [0.5, 0.6) is 5.75 Å². The molecule has 1 heterocycles. The van der Waals surface area contributed by atoms with Crippen LogP contribution in [-0.2, 0) is 11.2 Å². The van der Waals surface area contributed by atoms with Gasteiger partial charge in [0.2, 0.25) is 0 Å². The van der Waals surface area contributed by atoms with Crippen LogP contribution in [0.25, 0.3) is 6.08 Å². The first-order valence-corrected chi connectivity index (χ1v) is 8.08. The van der Waals surface area contributed by atoms with Crippen LogP contribution in [0, 0.1) is 0 Å². The van der Waals surface area contributed by atoms with Gasteiger partial charge in [-0.2, -0.15) is 8.78 Å². The second-order valence-corrected chi connectivity index (χ2v) is 6.14. The fourth-order valence-corrected chi connectivity index (χ4v) is 2.82. The van der Waals surface area contributed by atoms with Crippen LogP contribution in [0.3, 0.4) is 0 Å². The number of carbonyl (C=O) groups is 2. The number of carboxylic acids is 1. The lowest BCUT2D eigenvalue weighted by Crippen LogP contribution is -2.44. The molecule has 2 aromatic rings. The first-order valence-electron chi connectivity index (χ1n) is 8.08. The second kappa shape index (κ2) is 7.26. The molecule has 0 bridgehead atoms. The van der Waals surface area contributed by atoms with Gasteiger partial charge < -0.3 is 9.84 Å². The number of rotatable bonds is 6. The van der Waals surface area contributed by atoms with E-state index in [1.807, 2.05) is 6.07 Å². The van der Waals surface area contributed by atoms with E-state index in [1.165, 1.54) is 18.2 Å². The SMILES string of the molecule is O=C(O)C1=Cc2cc(C(=O)Cc3ccccc3)ccc2OC1C(F)(F)CF. The van der Waals surface area contributed by atoms with Crippen molar-refractivity contribution in [2.45, 2.75) is 18.4 Å². The number of carbonyl (C=O) groups excluding carboxylic acids is 1. The number of hydrogen-bond acceptors (Lipinski definition) is 3. The van der Waals surface area contributed by atoms with E-state index >= 15 is 0 Å². The number of carboxylic acid groups (broad SMARTS) is 1. The molecule has 27 heavy (non-hydrogen) atoms. The van der Waals surface area contributed by atoms with Crippen molar-refractivity contribution in [1.82, 2.24) is 0 Å². The average molecular weight is 376 g/mol. The molecule has 0 saturated heterocycles. The Hall–Kier alpha value is -3.09. The minimum Gasteiger partial charge on any atom is -0.478 e. The summed E-state index contributed by atoms with van der Waals surface area (Å²) in [6, 6.07) is 13.1. The zero-order chi connectivity index (χ0) is 19.6. The molecule has 0 aromatic heterocycles. The number of hydrogen-bond donors (Lipinski definition) is 1. The summed E-state index contributed by atoms with van der Waals surface area (Å²) >= 11 is 0. The number of halogens is 3. The van der Waals surface area contributed by atoms with E-state index in [4.69, 9.17) is 4.74 Å². The lowest BCUT2D eigenvalue weighted by molar-refractivity contribution is -0.139. The van der Waals surface area contributed by atoms with Crippen LogP contribution in [0.15, 0.2) is 54.1 Å². The third-order valence-corrected chi connectivity index (χ3v) is 4.19. The average Bonchev–Trinajstić information content (AvgIpc) is 2.67. The van der Waals surface area contributed by atoms with Crippen molar-refractivity contribution in [3.63, 3.8) is 0 Å². The van der Waals surface area contributed by atoms with Crippen molar-refractivity contribution in [2.75, 3.05) is 6.67 Å². The van der Waals surface area contributed by atoms with Gasteiger partial charge in [-0.05, 0) is 29.8 Å². The van der Waals surface area contributed by atoms with Gasteiger partial charge in [-0.25, -0.2) is 9.18 Å². The minimum atomic E-state index is -3.98. The van der Waals surface area contributed by atoms with Crippen molar-refractivity contribution in [3.05, 3.63) is 70.8 Å². The van der Waals surface area contributed by atoms with Gasteiger partial charge in [0.15, 0.2) is 18.6 Å². The molecule has 1 aliphatic rings. The third-order valence-electron chi connectivity index (χ3n) is 4.19. The van der Waals surface area contributed by atoms with Crippen molar-refractivity contribution in [1.29, 1.82) is 0 Å². The Morgan fingerprint density at radius 1 is 1.11 bits per heavy atom. The lowest BCUT2D eigenvalue weighted by Gasteiger charge is -2.30. The number of alkyl halides is 3. The molecular formula is C20H15F3O4. The Bertz CT molecular complexity index is 907. The normalized spacial score (nSPS) is 16.1. The Balaban J connectivity index is 1.92. The van der Waals surface area contributed by atoms with Gasteiger partial charge >= 0.3 is 11.9 Å². The van der Waals surface area contributed by atoms with Gasteiger partial charge in [0.05, 0.1) is 5.57 Å². The standard InChI is InChI=1S/C20H15F3O4/c21-11-20(22,23)18-15(19(25)26)10-14-9-13(6-7-17(14)27-18)16(24)8-12-4-2-1-3-5-12/h1-7,9-10,18H,8,11H2,(H,25,26). The summed E-state index contributed by atoms with van der Waals surface area (Å²) < 4.78 is 45.2. The summed E-state index contributed by atoms with van der Waals surface area (Å²) in [4.78, 5) is 23.8. The number of ether oxygens (including phenoxy) is 1. The summed E-state index contributed by atoms with van der Waals surface area (Å²) in [7, 11) is 0. The maximum atomic E-state index is 13.7. The van der Waals surface area contributed by atoms with E-state index in [0.717, 1.165) is 11.6 Å². The molecule has 0 saturated carbocycles. The Kier molecular flexibility index (Phi) is 5.03. The first kappa shape index (κ1) is 18.7. The Morgan fingerprint density at radius 3 is 2.44 bits per heavy atom. The maximum Gasteiger partial charge on any atom is 0.335 e. The van der Waals surface area contributed by atoms with E-state index in [-0.39, 0.29) is 29.1 Å². The topological polar surface area (TPSA) is 63.6 Å². The fourth-order valence-electron chi connectivity index (χ4n) is 2.82. The monoisotopic (exact) mass is 376 g/mol. The van der Waals surface area contributed by atoms with Crippen LogP contribution < -0.4 is 4.74 Å². The molecule has 0 amide bonds. The molecule has 1 N–H and O–H groups in total. The number of fused-ring (bicyclic) bond motifs is 1. The highest BCUT2D eigenvalue weighted by Crippen LogP contribution is 2.37. The Labute approximate surface area is 152 Å². The van der Waals surface area contributed by atoms with E-state index in [0.29, 0.717) is 0 Å². The van der Waals surface area contributed by atoms with E-state index in [1.54, 1.807) is 24.3 Å².